The molecule has 0 radical (unpaired) electrons. The average molecular weight is 397 g/mol. The minimum absolute atomic E-state index is 0.133. The first-order valence-electron chi connectivity index (χ1n) is 9.66. The van der Waals surface area contributed by atoms with Crippen LogP contribution < -0.4 is 5.32 Å². The molecule has 0 saturated heterocycles. The molecule has 3 rings (SSSR count). The number of carbonyl (C=O) groups is 1. The largest absolute Gasteiger partial charge is 0.435 e. The number of alkyl halides is 3. The topological polar surface area (TPSA) is 64.7 Å². The molecule has 0 aromatic carbocycles. The van der Waals surface area contributed by atoms with Crippen molar-refractivity contribution in [2.75, 3.05) is 6.54 Å². The van der Waals surface area contributed by atoms with Crippen LogP contribution in [-0.4, -0.2) is 32.0 Å². The number of rotatable bonds is 7. The summed E-state index contributed by atoms with van der Waals surface area (Å²) >= 11 is 0. The van der Waals surface area contributed by atoms with Gasteiger partial charge < -0.3 is 5.32 Å². The Hall–Kier alpha value is -2.32. The average Bonchev–Trinajstić information content (AvgIpc) is 3.31. The van der Waals surface area contributed by atoms with E-state index in [-0.39, 0.29) is 17.4 Å². The van der Waals surface area contributed by atoms with E-state index in [2.05, 4.69) is 15.5 Å². The second-order valence-corrected chi connectivity index (χ2v) is 7.50. The second-order valence-electron chi connectivity index (χ2n) is 7.50. The normalized spacial score (nSPS) is 16.1. The molecule has 1 amide bonds. The molecular weight excluding hydrogens is 371 g/mol. The summed E-state index contributed by atoms with van der Waals surface area (Å²) < 4.78 is 43.1. The van der Waals surface area contributed by atoms with Gasteiger partial charge in [-0.25, -0.2) is 0 Å². The van der Waals surface area contributed by atoms with E-state index in [0.717, 1.165) is 5.69 Å². The van der Waals surface area contributed by atoms with E-state index < -0.39 is 17.9 Å². The van der Waals surface area contributed by atoms with Crippen LogP contribution in [0, 0.1) is 12.8 Å². The quantitative estimate of drug-likeness (QED) is 0.780. The zero-order valence-electron chi connectivity index (χ0n) is 16.4. The summed E-state index contributed by atoms with van der Waals surface area (Å²) in [6.07, 6.45) is -0.840. The lowest BCUT2D eigenvalue weighted by molar-refractivity contribution is -0.142. The summed E-state index contributed by atoms with van der Waals surface area (Å²) in [5.74, 6) is -0.161. The molecule has 2 unspecified atom stereocenters. The summed E-state index contributed by atoms with van der Waals surface area (Å²) in [5.41, 5.74) is 1.00. The molecule has 2 atom stereocenters. The van der Waals surface area contributed by atoms with Gasteiger partial charge in [0.05, 0.1) is 0 Å². The second kappa shape index (κ2) is 7.97. The van der Waals surface area contributed by atoms with Gasteiger partial charge in [-0.15, -0.1) is 0 Å². The molecule has 1 aliphatic rings. The number of fused-ring (bicyclic) bond motifs is 1. The van der Waals surface area contributed by atoms with Crippen LogP contribution in [0.15, 0.2) is 12.3 Å². The lowest BCUT2D eigenvalue weighted by Gasteiger charge is -2.20. The Bertz CT molecular complexity index is 839. The van der Waals surface area contributed by atoms with Gasteiger partial charge in [0.1, 0.15) is 6.04 Å². The van der Waals surface area contributed by atoms with Crippen molar-refractivity contribution in [3.8, 4) is 0 Å². The van der Waals surface area contributed by atoms with Crippen molar-refractivity contribution in [1.82, 2.24) is 24.9 Å². The third-order valence-corrected chi connectivity index (χ3v) is 5.25. The number of nitrogens with zero attached hydrogens (tertiary/aromatic N) is 4. The van der Waals surface area contributed by atoms with Crippen molar-refractivity contribution in [3.05, 3.63) is 34.9 Å². The van der Waals surface area contributed by atoms with Gasteiger partial charge >= 0.3 is 6.18 Å². The molecular formula is C19H26F3N5O. The first-order chi connectivity index (χ1) is 13.2. The van der Waals surface area contributed by atoms with E-state index in [1.807, 2.05) is 24.6 Å². The van der Waals surface area contributed by atoms with Gasteiger partial charge in [0.25, 0.3) is 0 Å². The molecule has 9 heteroatoms. The molecule has 154 valence electrons. The lowest BCUT2D eigenvalue weighted by Crippen LogP contribution is -2.37. The van der Waals surface area contributed by atoms with Gasteiger partial charge in [0.15, 0.2) is 5.69 Å². The predicted molar refractivity (Wildman–Crippen MR) is 97.7 cm³/mol. The predicted octanol–water partition coefficient (Wildman–Crippen LogP) is 3.30. The van der Waals surface area contributed by atoms with Crippen molar-refractivity contribution >= 4 is 5.91 Å². The van der Waals surface area contributed by atoms with Gasteiger partial charge in [-0.3, -0.25) is 14.2 Å². The van der Waals surface area contributed by atoms with E-state index in [1.54, 1.807) is 13.1 Å². The first kappa shape index (κ1) is 20.4. The van der Waals surface area contributed by atoms with Crippen LogP contribution in [0.1, 0.15) is 55.4 Å². The lowest BCUT2D eigenvalue weighted by atomic mass is 10.1. The van der Waals surface area contributed by atoms with Gasteiger partial charge in [-0.1, -0.05) is 13.8 Å². The molecule has 1 aliphatic carbocycles. The van der Waals surface area contributed by atoms with Gasteiger partial charge in [-0.05, 0) is 44.6 Å². The minimum Gasteiger partial charge on any atom is -0.354 e. The fourth-order valence-electron chi connectivity index (χ4n) is 3.76. The van der Waals surface area contributed by atoms with Crippen LogP contribution in [0.4, 0.5) is 13.2 Å². The summed E-state index contributed by atoms with van der Waals surface area (Å²) in [6, 6.07) is 1.18. The fraction of sp³-hybridized carbons (Fsp3) is 0.632. The van der Waals surface area contributed by atoms with E-state index in [9.17, 15) is 18.0 Å². The van der Waals surface area contributed by atoms with Crippen LogP contribution in [0.25, 0.3) is 0 Å². The Balaban J connectivity index is 1.70. The van der Waals surface area contributed by atoms with Gasteiger partial charge in [0, 0.05) is 36.2 Å². The maximum Gasteiger partial charge on any atom is 0.435 e. The Morgan fingerprint density at radius 1 is 1.36 bits per heavy atom. The number of hydrogen-bond acceptors (Lipinski definition) is 3. The highest BCUT2D eigenvalue weighted by Crippen LogP contribution is 2.37. The number of aromatic nitrogens is 4. The molecule has 1 N–H and O–H groups in total. The van der Waals surface area contributed by atoms with Crippen molar-refractivity contribution in [2.45, 2.75) is 65.2 Å². The molecule has 2 heterocycles. The van der Waals surface area contributed by atoms with E-state index in [1.165, 1.54) is 4.68 Å². The van der Waals surface area contributed by atoms with E-state index in [0.29, 0.717) is 44.5 Å². The van der Waals surface area contributed by atoms with Crippen molar-refractivity contribution in [2.24, 2.45) is 5.92 Å². The monoisotopic (exact) mass is 397 g/mol. The molecule has 2 aromatic heterocycles. The SMILES string of the molecule is CCC(C(=O)NCC(C)Cn1nccc1C)n1nc(C(F)(F)F)c2c1CCC2. The minimum atomic E-state index is -4.50. The molecule has 2 aromatic rings. The molecule has 0 saturated carbocycles. The molecule has 28 heavy (non-hydrogen) atoms. The Labute approximate surface area is 162 Å². The van der Waals surface area contributed by atoms with Gasteiger partial charge in [0.2, 0.25) is 5.91 Å². The van der Waals surface area contributed by atoms with Crippen molar-refractivity contribution in [1.29, 1.82) is 0 Å². The summed E-state index contributed by atoms with van der Waals surface area (Å²) in [7, 11) is 0. The molecule has 0 bridgehead atoms. The Morgan fingerprint density at radius 2 is 2.11 bits per heavy atom. The highest BCUT2D eigenvalue weighted by Gasteiger charge is 2.41. The Kier molecular flexibility index (Phi) is 5.81. The maximum absolute atomic E-state index is 13.3. The summed E-state index contributed by atoms with van der Waals surface area (Å²) in [6.45, 7) is 6.82. The molecule has 0 aliphatic heterocycles. The highest BCUT2D eigenvalue weighted by molar-refractivity contribution is 5.80. The number of amides is 1. The maximum atomic E-state index is 13.3. The molecule has 0 spiro atoms. The standard InChI is InChI=1S/C19H26F3N5O/c1-4-15(18(28)23-10-12(2)11-26-13(3)8-9-24-26)27-16-7-5-6-14(16)17(25-27)19(20,21)22/h8-9,12,15H,4-7,10-11H2,1-3H3,(H,23,28). The highest BCUT2D eigenvalue weighted by atomic mass is 19.4. The van der Waals surface area contributed by atoms with Gasteiger partial charge in [-0.2, -0.15) is 23.4 Å². The number of hydrogen-bond donors (Lipinski definition) is 1. The smallest absolute Gasteiger partial charge is 0.354 e. The first-order valence-corrected chi connectivity index (χ1v) is 9.66. The third kappa shape index (κ3) is 4.07. The third-order valence-electron chi connectivity index (χ3n) is 5.25. The van der Waals surface area contributed by atoms with Crippen LogP contribution in [0.3, 0.4) is 0 Å². The molecule has 0 fully saturated rings. The van der Waals surface area contributed by atoms with E-state index >= 15 is 0 Å². The fourth-order valence-corrected chi connectivity index (χ4v) is 3.76. The van der Waals surface area contributed by atoms with Crippen LogP contribution in [0.5, 0.6) is 0 Å². The Morgan fingerprint density at radius 3 is 2.71 bits per heavy atom. The summed E-state index contributed by atoms with van der Waals surface area (Å²) in [4.78, 5) is 12.7. The number of halogens is 3. The van der Waals surface area contributed by atoms with Crippen LogP contribution >= 0.6 is 0 Å². The number of carbonyl (C=O) groups excluding carboxylic acids is 1. The van der Waals surface area contributed by atoms with Crippen molar-refractivity contribution in [3.63, 3.8) is 0 Å². The zero-order valence-corrected chi connectivity index (χ0v) is 16.4. The van der Waals surface area contributed by atoms with Crippen LogP contribution in [-0.2, 0) is 30.4 Å². The number of aryl methyl sites for hydroxylation is 1. The molecule has 6 nitrogen and oxygen atoms in total. The summed E-state index contributed by atoms with van der Waals surface area (Å²) in [5, 5.41) is 10.9. The number of nitrogens with one attached hydrogen (secondary N) is 1. The van der Waals surface area contributed by atoms with Crippen LogP contribution in [0.2, 0.25) is 0 Å². The van der Waals surface area contributed by atoms with Crippen molar-refractivity contribution < 1.29 is 18.0 Å². The van der Waals surface area contributed by atoms with E-state index in [4.69, 9.17) is 0 Å². The zero-order chi connectivity index (χ0) is 20.5.